The second kappa shape index (κ2) is 9.28. The minimum atomic E-state index is -0.179. The van der Waals surface area contributed by atoms with E-state index in [2.05, 4.69) is 10.6 Å². The number of aromatic hydroxyl groups is 1. The number of hydrogen-bond acceptors (Lipinski definition) is 4. The number of anilines is 2. The van der Waals surface area contributed by atoms with Crippen molar-refractivity contribution in [1.29, 1.82) is 0 Å². The molecule has 0 aromatic heterocycles. The lowest BCUT2D eigenvalue weighted by Crippen LogP contribution is -2.41. The fourth-order valence-corrected chi connectivity index (χ4v) is 3.51. The van der Waals surface area contributed by atoms with Crippen molar-refractivity contribution in [3.05, 3.63) is 52.5 Å². The van der Waals surface area contributed by atoms with Crippen LogP contribution in [0.5, 0.6) is 5.75 Å². The summed E-state index contributed by atoms with van der Waals surface area (Å²) in [6, 6.07) is 11.7. The summed E-state index contributed by atoms with van der Waals surface area (Å²) in [4.78, 5) is 26.7. The van der Waals surface area contributed by atoms with E-state index in [1.807, 2.05) is 4.90 Å². The maximum absolute atomic E-state index is 12.4. The van der Waals surface area contributed by atoms with Crippen LogP contribution in [0.25, 0.3) is 0 Å². The highest BCUT2D eigenvalue weighted by Crippen LogP contribution is 2.29. The number of rotatable bonds is 5. The SMILES string of the molecule is O=C(CN1CCC(C(=O)Nc2ccccc2O)CC1)Nc1cccc(Cl)c1Cl. The number of piperidine rings is 1. The zero-order valence-corrected chi connectivity index (χ0v) is 16.6. The van der Waals surface area contributed by atoms with Gasteiger partial charge in [0.15, 0.2) is 0 Å². The summed E-state index contributed by atoms with van der Waals surface area (Å²) in [5.41, 5.74) is 0.892. The topological polar surface area (TPSA) is 81.7 Å². The van der Waals surface area contributed by atoms with Gasteiger partial charge in [0.1, 0.15) is 5.75 Å². The van der Waals surface area contributed by atoms with Crippen LogP contribution in [0, 0.1) is 5.92 Å². The Morgan fingerprint density at radius 1 is 1.00 bits per heavy atom. The van der Waals surface area contributed by atoms with Gasteiger partial charge in [-0.2, -0.15) is 0 Å². The molecule has 1 heterocycles. The van der Waals surface area contributed by atoms with E-state index in [4.69, 9.17) is 23.2 Å². The lowest BCUT2D eigenvalue weighted by Gasteiger charge is -2.30. The number of nitrogens with one attached hydrogen (secondary N) is 2. The highest BCUT2D eigenvalue weighted by atomic mass is 35.5. The van der Waals surface area contributed by atoms with Crippen LogP contribution in [0.3, 0.4) is 0 Å². The smallest absolute Gasteiger partial charge is 0.238 e. The summed E-state index contributed by atoms with van der Waals surface area (Å²) in [5.74, 6) is -0.400. The molecule has 3 rings (SSSR count). The Morgan fingerprint density at radius 3 is 2.39 bits per heavy atom. The van der Waals surface area contributed by atoms with Gasteiger partial charge >= 0.3 is 0 Å². The molecule has 0 radical (unpaired) electrons. The molecule has 0 unspecified atom stereocenters. The number of phenolic OH excluding ortho intramolecular Hbond substituents is 1. The number of likely N-dealkylation sites (tertiary alicyclic amines) is 1. The fourth-order valence-electron chi connectivity index (χ4n) is 3.16. The van der Waals surface area contributed by atoms with Crippen LogP contribution < -0.4 is 10.6 Å². The molecule has 0 bridgehead atoms. The molecule has 1 aliphatic rings. The van der Waals surface area contributed by atoms with Gasteiger partial charge in [0.2, 0.25) is 11.8 Å². The predicted octanol–water partition coefficient (Wildman–Crippen LogP) is 3.99. The van der Waals surface area contributed by atoms with E-state index >= 15 is 0 Å². The number of amides is 2. The van der Waals surface area contributed by atoms with Crippen LogP contribution in [0.2, 0.25) is 10.0 Å². The first-order valence-corrected chi connectivity index (χ1v) is 9.74. The normalized spacial score (nSPS) is 15.2. The zero-order valence-electron chi connectivity index (χ0n) is 15.1. The standard InChI is InChI=1S/C20H21Cl2N3O3/c21-14-4-3-6-16(19(14)22)23-18(27)12-25-10-8-13(9-11-25)20(28)24-15-5-1-2-7-17(15)26/h1-7,13,26H,8-12H2,(H,23,27)(H,24,28). The molecule has 0 aliphatic carbocycles. The maximum atomic E-state index is 12.4. The van der Waals surface area contributed by atoms with E-state index < -0.39 is 0 Å². The molecule has 148 valence electrons. The summed E-state index contributed by atoms with van der Waals surface area (Å²) in [6.45, 7) is 1.49. The molecule has 2 amide bonds. The predicted molar refractivity (Wildman–Crippen MR) is 111 cm³/mol. The number of phenols is 1. The third-order valence-electron chi connectivity index (χ3n) is 4.71. The van der Waals surface area contributed by atoms with Crippen LogP contribution in [-0.4, -0.2) is 41.5 Å². The van der Waals surface area contributed by atoms with Crippen molar-refractivity contribution in [2.24, 2.45) is 5.92 Å². The van der Waals surface area contributed by atoms with Crippen LogP contribution in [-0.2, 0) is 9.59 Å². The minimum absolute atomic E-state index is 0.0460. The Morgan fingerprint density at radius 2 is 1.68 bits per heavy atom. The molecule has 28 heavy (non-hydrogen) atoms. The highest BCUT2D eigenvalue weighted by Gasteiger charge is 2.26. The number of halogens is 2. The Hall–Kier alpha value is -2.28. The second-order valence-electron chi connectivity index (χ2n) is 6.71. The van der Waals surface area contributed by atoms with Crippen molar-refractivity contribution in [1.82, 2.24) is 4.90 Å². The van der Waals surface area contributed by atoms with Gasteiger partial charge in [0.05, 0.1) is 28.0 Å². The van der Waals surface area contributed by atoms with Crippen LogP contribution in [0.4, 0.5) is 11.4 Å². The molecular weight excluding hydrogens is 401 g/mol. The molecular formula is C20H21Cl2N3O3. The average molecular weight is 422 g/mol. The van der Waals surface area contributed by atoms with Gasteiger partial charge in [-0.25, -0.2) is 0 Å². The Balaban J connectivity index is 1.47. The van der Waals surface area contributed by atoms with E-state index in [1.165, 1.54) is 6.07 Å². The van der Waals surface area contributed by atoms with Crippen molar-refractivity contribution in [3.8, 4) is 5.75 Å². The zero-order chi connectivity index (χ0) is 20.1. The number of hydrogen-bond donors (Lipinski definition) is 3. The molecule has 8 heteroatoms. The Labute approximate surface area is 173 Å². The van der Waals surface area contributed by atoms with Crippen LogP contribution in [0.15, 0.2) is 42.5 Å². The number of carbonyl (C=O) groups is 2. The lowest BCUT2D eigenvalue weighted by molar-refractivity contribution is -0.121. The van der Waals surface area contributed by atoms with Gasteiger partial charge in [-0.15, -0.1) is 0 Å². The quantitative estimate of drug-likeness (QED) is 0.637. The highest BCUT2D eigenvalue weighted by molar-refractivity contribution is 6.44. The van der Waals surface area contributed by atoms with E-state index in [-0.39, 0.29) is 30.0 Å². The van der Waals surface area contributed by atoms with Crippen LogP contribution >= 0.6 is 23.2 Å². The minimum Gasteiger partial charge on any atom is -0.506 e. The van der Waals surface area contributed by atoms with Gasteiger partial charge in [-0.1, -0.05) is 41.4 Å². The van der Waals surface area contributed by atoms with E-state index in [0.29, 0.717) is 47.4 Å². The van der Waals surface area contributed by atoms with Gasteiger partial charge in [-0.05, 0) is 50.2 Å². The first kappa shape index (κ1) is 20.5. The maximum Gasteiger partial charge on any atom is 0.238 e. The van der Waals surface area contributed by atoms with Crippen molar-refractivity contribution < 1.29 is 14.7 Å². The average Bonchev–Trinajstić information content (AvgIpc) is 2.68. The molecule has 1 aliphatic heterocycles. The van der Waals surface area contributed by atoms with Gasteiger partial charge in [-0.3, -0.25) is 14.5 Å². The van der Waals surface area contributed by atoms with Gasteiger partial charge in [0.25, 0.3) is 0 Å². The largest absolute Gasteiger partial charge is 0.506 e. The first-order chi connectivity index (χ1) is 13.4. The number of para-hydroxylation sites is 2. The summed E-state index contributed by atoms with van der Waals surface area (Å²) in [7, 11) is 0. The van der Waals surface area contributed by atoms with Crippen molar-refractivity contribution in [3.63, 3.8) is 0 Å². The third kappa shape index (κ3) is 5.16. The van der Waals surface area contributed by atoms with E-state index in [0.717, 1.165) is 0 Å². The van der Waals surface area contributed by atoms with Crippen molar-refractivity contribution >= 4 is 46.4 Å². The molecule has 2 aromatic carbocycles. The molecule has 2 aromatic rings. The first-order valence-electron chi connectivity index (χ1n) is 8.99. The summed E-state index contributed by atoms with van der Waals surface area (Å²) in [6.07, 6.45) is 1.29. The summed E-state index contributed by atoms with van der Waals surface area (Å²) in [5, 5.41) is 16.0. The second-order valence-corrected chi connectivity index (χ2v) is 7.49. The summed E-state index contributed by atoms with van der Waals surface area (Å²) >= 11 is 12.0. The molecule has 0 spiro atoms. The molecule has 6 nitrogen and oxygen atoms in total. The third-order valence-corrected chi connectivity index (χ3v) is 5.53. The van der Waals surface area contributed by atoms with E-state index in [1.54, 1.807) is 36.4 Å². The molecule has 3 N–H and O–H groups in total. The van der Waals surface area contributed by atoms with Crippen LogP contribution in [0.1, 0.15) is 12.8 Å². The Bertz CT molecular complexity index is 868. The Kier molecular flexibility index (Phi) is 6.78. The van der Waals surface area contributed by atoms with Crippen molar-refractivity contribution in [2.45, 2.75) is 12.8 Å². The number of benzene rings is 2. The van der Waals surface area contributed by atoms with Crippen molar-refractivity contribution in [2.75, 3.05) is 30.3 Å². The molecule has 0 saturated carbocycles. The summed E-state index contributed by atoms with van der Waals surface area (Å²) < 4.78 is 0. The number of nitrogens with zero attached hydrogens (tertiary/aromatic N) is 1. The number of carbonyl (C=O) groups excluding carboxylic acids is 2. The van der Waals surface area contributed by atoms with Gasteiger partial charge < -0.3 is 15.7 Å². The molecule has 0 atom stereocenters. The molecule has 1 saturated heterocycles. The van der Waals surface area contributed by atoms with Gasteiger partial charge in [0, 0.05) is 5.92 Å². The van der Waals surface area contributed by atoms with E-state index in [9.17, 15) is 14.7 Å². The monoisotopic (exact) mass is 421 g/mol. The fraction of sp³-hybridized carbons (Fsp3) is 0.300. The molecule has 1 fully saturated rings. The lowest BCUT2D eigenvalue weighted by atomic mass is 9.95.